The fraction of sp³-hybridized carbons (Fsp3) is 0.500. The molecule has 2 heteroatoms. The Hall–Kier alpha value is -0.600. The number of hydrogen-bond acceptors (Lipinski definition) is 2. The van der Waals surface area contributed by atoms with Gasteiger partial charge in [-0.15, -0.1) is 0 Å². The Morgan fingerprint density at radius 2 is 2.40 bits per heavy atom. The van der Waals surface area contributed by atoms with E-state index in [1.54, 1.807) is 5.01 Å². The highest BCUT2D eigenvalue weighted by atomic mass is 15.4. The van der Waals surface area contributed by atoms with Gasteiger partial charge in [-0.05, 0) is 12.3 Å². The normalized spacial score (nSPS) is 24.1. The molecule has 0 aromatic rings. The molecule has 1 unspecified atom stereocenters. The Kier molecular flexibility index (Phi) is 2.66. The molecule has 0 bridgehead atoms. The standard InChI is InChI=1S/C8H14N2/c1-10(9)7-8-5-3-2-4-6-8/h2-5,8H,6-7,9H2,1H3. The molecule has 0 amide bonds. The first kappa shape index (κ1) is 7.51. The van der Waals surface area contributed by atoms with E-state index in [9.17, 15) is 0 Å². The first-order chi connectivity index (χ1) is 4.79. The molecule has 1 rings (SSSR count). The summed E-state index contributed by atoms with van der Waals surface area (Å²) in [4.78, 5) is 0. The molecule has 0 aromatic carbocycles. The minimum Gasteiger partial charge on any atom is -0.269 e. The highest BCUT2D eigenvalue weighted by molar-refractivity contribution is 5.10. The van der Waals surface area contributed by atoms with Crippen LogP contribution in [-0.2, 0) is 0 Å². The minimum atomic E-state index is 0.611. The molecule has 0 saturated heterocycles. The van der Waals surface area contributed by atoms with Crippen LogP contribution in [0.5, 0.6) is 0 Å². The van der Waals surface area contributed by atoms with Gasteiger partial charge in [-0.3, -0.25) is 5.84 Å². The van der Waals surface area contributed by atoms with Crippen molar-refractivity contribution in [2.75, 3.05) is 13.6 Å². The number of rotatable bonds is 2. The smallest absolute Gasteiger partial charge is 0.0191 e. The van der Waals surface area contributed by atoms with Crippen LogP contribution in [0, 0.1) is 5.92 Å². The van der Waals surface area contributed by atoms with Crippen molar-refractivity contribution in [1.29, 1.82) is 0 Å². The van der Waals surface area contributed by atoms with Gasteiger partial charge in [-0.2, -0.15) is 0 Å². The largest absolute Gasteiger partial charge is 0.269 e. The molecule has 0 aromatic heterocycles. The topological polar surface area (TPSA) is 29.3 Å². The molecule has 10 heavy (non-hydrogen) atoms. The van der Waals surface area contributed by atoms with Crippen molar-refractivity contribution in [3.63, 3.8) is 0 Å². The molecule has 1 aliphatic rings. The van der Waals surface area contributed by atoms with Crippen molar-refractivity contribution < 1.29 is 0 Å². The summed E-state index contributed by atoms with van der Waals surface area (Å²) in [5, 5.41) is 1.73. The molecule has 2 nitrogen and oxygen atoms in total. The van der Waals surface area contributed by atoms with E-state index in [0.717, 1.165) is 13.0 Å². The maximum atomic E-state index is 5.50. The first-order valence-corrected chi connectivity index (χ1v) is 3.58. The molecule has 1 aliphatic carbocycles. The molecular weight excluding hydrogens is 124 g/mol. The number of allylic oxidation sites excluding steroid dienone is 3. The van der Waals surface area contributed by atoms with Gasteiger partial charge >= 0.3 is 0 Å². The summed E-state index contributed by atoms with van der Waals surface area (Å²) in [5.74, 6) is 6.11. The predicted molar refractivity (Wildman–Crippen MR) is 43.2 cm³/mol. The van der Waals surface area contributed by atoms with Gasteiger partial charge < -0.3 is 0 Å². The van der Waals surface area contributed by atoms with Gasteiger partial charge in [0.15, 0.2) is 0 Å². The van der Waals surface area contributed by atoms with Crippen LogP contribution in [-0.4, -0.2) is 18.6 Å². The van der Waals surface area contributed by atoms with Crippen LogP contribution in [0.4, 0.5) is 0 Å². The van der Waals surface area contributed by atoms with Crippen molar-refractivity contribution >= 4 is 0 Å². The van der Waals surface area contributed by atoms with Crippen LogP contribution in [0.3, 0.4) is 0 Å². The number of hydrazine groups is 1. The lowest BCUT2D eigenvalue weighted by molar-refractivity contribution is 0.310. The zero-order valence-electron chi connectivity index (χ0n) is 6.33. The molecule has 0 heterocycles. The number of nitrogens with zero attached hydrogens (tertiary/aromatic N) is 1. The molecule has 0 radical (unpaired) electrons. The van der Waals surface area contributed by atoms with Crippen LogP contribution < -0.4 is 5.84 Å². The summed E-state index contributed by atoms with van der Waals surface area (Å²) in [6, 6.07) is 0. The van der Waals surface area contributed by atoms with Crippen molar-refractivity contribution in [3.05, 3.63) is 24.3 Å². The number of nitrogens with two attached hydrogens (primary N) is 1. The summed E-state index contributed by atoms with van der Waals surface area (Å²) < 4.78 is 0. The van der Waals surface area contributed by atoms with Crippen molar-refractivity contribution in [3.8, 4) is 0 Å². The summed E-state index contributed by atoms with van der Waals surface area (Å²) in [5.41, 5.74) is 0. The van der Waals surface area contributed by atoms with Crippen LogP contribution in [0.25, 0.3) is 0 Å². The zero-order valence-corrected chi connectivity index (χ0v) is 6.33. The summed E-state index contributed by atoms with van der Waals surface area (Å²) in [6.45, 7) is 0.945. The Morgan fingerprint density at radius 1 is 1.60 bits per heavy atom. The second-order valence-corrected chi connectivity index (χ2v) is 2.75. The van der Waals surface area contributed by atoms with E-state index in [1.165, 1.54) is 0 Å². The maximum absolute atomic E-state index is 5.50. The Labute approximate surface area is 62.0 Å². The molecule has 1 atom stereocenters. The fourth-order valence-corrected chi connectivity index (χ4v) is 1.14. The van der Waals surface area contributed by atoms with E-state index in [4.69, 9.17) is 5.84 Å². The van der Waals surface area contributed by atoms with Crippen LogP contribution in [0.15, 0.2) is 24.3 Å². The molecule has 0 fully saturated rings. The van der Waals surface area contributed by atoms with E-state index >= 15 is 0 Å². The molecule has 0 saturated carbocycles. The third kappa shape index (κ3) is 2.33. The van der Waals surface area contributed by atoms with Crippen molar-refractivity contribution in [1.82, 2.24) is 5.01 Å². The third-order valence-electron chi connectivity index (χ3n) is 1.59. The molecule has 2 N–H and O–H groups in total. The van der Waals surface area contributed by atoms with Crippen LogP contribution in [0.2, 0.25) is 0 Å². The van der Waals surface area contributed by atoms with E-state index < -0.39 is 0 Å². The lowest BCUT2D eigenvalue weighted by atomic mass is 10.0. The van der Waals surface area contributed by atoms with Gasteiger partial charge in [0.1, 0.15) is 0 Å². The highest BCUT2D eigenvalue weighted by Crippen LogP contribution is 2.10. The molecule has 0 spiro atoms. The Balaban J connectivity index is 2.30. The predicted octanol–water partition coefficient (Wildman–Crippen LogP) is 0.924. The van der Waals surface area contributed by atoms with Crippen molar-refractivity contribution in [2.45, 2.75) is 6.42 Å². The van der Waals surface area contributed by atoms with Gasteiger partial charge in [0.05, 0.1) is 0 Å². The zero-order chi connectivity index (χ0) is 7.40. The van der Waals surface area contributed by atoms with Gasteiger partial charge in [-0.25, -0.2) is 5.01 Å². The minimum absolute atomic E-state index is 0.611. The molecule has 0 aliphatic heterocycles. The Bertz CT molecular complexity index is 147. The number of hydrogen-bond donors (Lipinski definition) is 1. The second-order valence-electron chi connectivity index (χ2n) is 2.75. The maximum Gasteiger partial charge on any atom is 0.0191 e. The first-order valence-electron chi connectivity index (χ1n) is 3.58. The summed E-state index contributed by atoms with van der Waals surface area (Å²) >= 11 is 0. The van der Waals surface area contributed by atoms with Gasteiger partial charge in [0, 0.05) is 13.6 Å². The molecule has 56 valence electrons. The third-order valence-corrected chi connectivity index (χ3v) is 1.59. The highest BCUT2D eigenvalue weighted by Gasteiger charge is 2.05. The van der Waals surface area contributed by atoms with Crippen molar-refractivity contribution in [2.24, 2.45) is 11.8 Å². The van der Waals surface area contributed by atoms with Crippen LogP contribution >= 0.6 is 0 Å². The molecular formula is C8H14N2. The van der Waals surface area contributed by atoms with E-state index in [1.807, 2.05) is 7.05 Å². The lowest BCUT2D eigenvalue weighted by Gasteiger charge is -2.17. The SMILES string of the molecule is CN(N)CC1C=CC=CC1. The fourth-order valence-electron chi connectivity index (χ4n) is 1.14. The average molecular weight is 138 g/mol. The van der Waals surface area contributed by atoms with Gasteiger partial charge in [0.25, 0.3) is 0 Å². The van der Waals surface area contributed by atoms with Crippen LogP contribution in [0.1, 0.15) is 6.42 Å². The summed E-state index contributed by atoms with van der Waals surface area (Å²) in [6.07, 6.45) is 9.65. The van der Waals surface area contributed by atoms with E-state index in [0.29, 0.717) is 5.92 Å². The van der Waals surface area contributed by atoms with Gasteiger partial charge in [0.2, 0.25) is 0 Å². The second kappa shape index (κ2) is 3.54. The summed E-state index contributed by atoms with van der Waals surface area (Å²) in [7, 11) is 1.90. The quantitative estimate of drug-likeness (QED) is 0.454. The van der Waals surface area contributed by atoms with Gasteiger partial charge in [-0.1, -0.05) is 24.3 Å². The average Bonchev–Trinajstić information content (AvgIpc) is 1.88. The van der Waals surface area contributed by atoms with E-state index in [2.05, 4.69) is 24.3 Å². The Morgan fingerprint density at radius 3 is 2.90 bits per heavy atom. The van der Waals surface area contributed by atoms with E-state index in [-0.39, 0.29) is 0 Å². The monoisotopic (exact) mass is 138 g/mol. The lowest BCUT2D eigenvalue weighted by Crippen LogP contribution is -2.31.